The molecule has 2 rings (SSSR count). The van der Waals surface area contributed by atoms with Gasteiger partial charge in [-0.3, -0.25) is 0 Å². The van der Waals surface area contributed by atoms with Crippen LogP contribution in [0.1, 0.15) is 24.5 Å². The summed E-state index contributed by atoms with van der Waals surface area (Å²) in [5.74, 6) is 1.38. The largest absolute Gasteiger partial charge is 0.465 e. The first-order chi connectivity index (χ1) is 7.99. The Kier molecular flexibility index (Phi) is 3.37. The third-order valence-electron chi connectivity index (χ3n) is 2.28. The number of nitrogens with one attached hydrogen (secondary N) is 1. The summed E-state index contributed by atoms with van der Waals surface area (Å²) in [7, 11) is -3.45. The van der Waals surface area contributed by atoms with Crippen molar-refractivity contribution in [2.45, 2.75) is 24.1 Å². The standard InChI is InChI=1S/C11H13NO3S2/c1-8-5-6-10(15-8)9(2)12-17(13,14)11-4-3-7-16-11/h3-7,9,12H,1-2H3. The molecule has 6 heteroatoms. The van der Waals surface area contributed by atoms with E-state index in [9.17, 15) is 8.42 Å². The maximum absolute atomic E-state index is 11.9. The summed E-state index contributed by atoms with van der Waals surface area (Å²) in [6.45, 7) is 3.58. The molecule has 0 fully saturated rings. The van der Waals surface area contributed by atoms with Gasteiger partial charge in [-0.15, -0.1) is 11.3 Å². The Morgan fingerprint density at radius 1 is 1.35 bits per heavy atom. The van der Waals surface area contributed by atoms with Gasteiger partial charge < -0.3 is 4.42 Å². The second-order valence-corrected chi connectivity index (χ2v) is 6.61. The molecule has 0 amide bonds. The fourth-order valence-corrected chi connectivity index (χ4v) is 3.67. The molecule has 0 aliphatic rings. The Morgan fingerprint density at radius 3 is 2.65 bits per heavy atom. The molecule has 0 saturated carbocycles. The minimum atomic E-state index is -3.45. The van der Waals surface area contributed by atoms with Crippen molar-refractivity contribution in [1.29, 1.82) is 0 Å². The highest BCUT2D eigenvalue weighted by molar-refractivity contribution is 7.91. The summed E-state index contributed by atoms with van der Waals surface area (Å²) < 4.78 is 32.2. The molecule has 1 atom stereocenters. The van der Waals surface area contributed by atoms with Gasteiger partial charge in [0, 0.05) is 0 Å². The number of rotatable bonds is 4. The molecule has 2 aromatic heterocycles. The first kappa shape index (κ1) is 12.3. The number of hydrogen-bond donors (Lipinski definition) is 1. The Balaban J connectivity index is 2.17. The quantitative estimate of drug-likeness (QED) is 0.930. The van der Waals surface area contributed by atoms with Gasteiger partial charge in [0.05, 0.1) is 6.04 Å². The summed E-state index contributed by atoms with van der Waals surface area (Å²) >= 11 is 1.19. The fourth-order valence-electron chi connectivity index (χ4n) is 1.45. The molecular formula is C11H13NO3S2. The normalized spacial score (nSPS) is 13.8. The maximum atomic E-state index is 11.9. The second kappa shape index (κ2) is 4.64. The van der Waals surface area contributed by atoms with Crippen LogP contribution < -0.4 is 4.72 Å². The molecule has 0 radical (unpaired) electrons. The van der Waals surface area contributed by atoms with Crippen molar-refractivity contribution in [1.82, 2.24) is 4.72 Å². The van der Waals surface area contributed by atoms with Crippen LogP contribution in [0.3, 0.4) is 0 Å². The Hall–Kier alpha value is -1.11. The summed E-state index contributed by atoms with van der Waals surface area (Å²) in [5, 5.41) is 1.73. The highest BCUT2D eigenvalue weighted by atomic mass is 32.2. The van der Waals surface area contributed by atoms with Crippen LogP contribution in [0.25, 0.3) is 0 Å². The van der Waals surface area contributed by atoms with Crippen molar-refractivity contribution < 1.29 is 12.8 Å². The summed E-state index contributed by atoms with van der Waals surface area (Å²) in [6.07, 6.45) is 0. The topological polar surface area (TPSA) is 59.3 Å². The van der Waals surface area contributed by atoms with Gasteiger partial charge in [0.15, 0.2) is 0 Å². The van der Waals surface area contributed by atoms with Crippen LogP contribution >= 0.6 is 11.3 Å². The molecule has 92 valence electrons. The van der Waals surface area contributed by atoms with E-state index in [1.165, 1.54) is 11.3 Å². The van der Waals surface area contributed by atoms with Crippen LogP contribution in [-0.4, -0.2) is 8.42 Å². The van der Waals surface area contributed by atoms with E-state index in [0.717, 1.165) is 5.76 Å². The van der Waals surface area contributed by atoms with Crippen molar-refractivity contribution >= 4 is 21.4 Å². The zero-order valence-corrected chi connectivity index (χ0v) is 11.1. The number of thiophene rings is 1. The van der Waals surface area contributed by atoms with Gasteiger partial charge in [-0.1, -0.05) is 6.07 Å². The average Bonchev–Trinajstić information content (AvgIpc) is 2.86. The van der Waals surface area contributed by atoms with E-state index in [1.807, 2.05) is 13.0 Å². The molecule has 1 unspecified atom stereocenters. The predicted molar refractivity (Wildman–Crippen MR) is 66.5 cm³/mol. The maximum Gasteiger partial charge on any atom is 0.250 e. The molecule has 0 saturated heterocycles. The van der Waals surface area contributed by atoms with Crippen molar-refractivity contribution in [3.05, 3.63) is 41.2 Å². The summed E-state index contributed by atoms with van der Waals surface area (Å²) in [4.78, 5) is 0. The van der Waals surface area contributed by atoms with Gasteiger partial charge in [-0.2, -0.15) is 0 Å². The number of sulfonamides is 1. The molecule has 0 aromatic carbocycles. The Morgan fingerprint density at radius 2 is 2.12 bits per heavy atom. The molecule has 1 N–H and O–H groups in total. The van der Waals surface area contributed by atoms with Gasteiger partial charge >= 0.3 is 0 Å². The van der Waals surface area contributed by atoms with Crippen molar-refractivity contribution in [2.24, 2.45) is 0 Å². The molecule has 0 bridgehead atoms. The van der Waals surface area contributed by atoms with Crippen LogP contribution in [0.2, 0.25) is 0 Å². The number of hydrogen-bond acceptors (Lipinski definition) is 4. The smallest absolute Gasteiger partial charge is 0.250 e. The van der Waals surface area contributed by atoms with E-state index in [0.29, 0.717) is 9.97 Å². The van der Waals surface area contributed by atoms with E-state index in [1.54, 1.807) is 30.5 Å². The highest BCUT2D eigenvalue weighted by Gasteiger charge is 2.20. The van der Waals surface area contributed by atoms with Crippen LogP contribution in [0, 0.1) is 6.92 Å². The highest BCUT2D eigenvalue weighted by Crippen LogP contribution is 2.21. The van der Waals surface area contributed by atoms with Gasteiger partial charge in [-0.25, -0.2) is 13.1 Å². The summed E-state index contributed by atoms with van der Waals surface area (Å²) in [5.41, 5.74) is 0. The lowest BCUT2D eigenvalue weighted by Crippen LogP contribution is -2.25. The lowest BCUT2D eigenvalue weighted by atomic mass is 10.3. The molecule has 0 aliphatic heterocycles. The van der Waals surface area contributed by atoms with E-state index in [-0.39, 0.29) is 6.04 Å². The van der Waals surface area contributed by atoms with Crippen molar-refractivity contribution in [2.75, 3.05) is 0 Å². The van der Waals surface area contributed by atoms with Gasteiger partial charge in [-0.05, 0) is 37.4 Å². The summed E-state index contributed by atoms with van der Waals surface area (Å²) in [6, 6.07) is 6.49. The minimum absolute atomic E-state index is 0.313. The second-order valence-electron chi connectivity index (χ2n) is 3.72. The third-order valence-corrected chi connectivity index (χ3v) is 5.22. The third kappa shape index (κ3) is 2.77. The molecule has 4 nitrogen and oxygen atoms in total. The molecule has 0 spiro atoms. The monoisotopic (exact) mass is 271 g/mol. The minimum Gasteiger partial charge on any atom is -0.465 e. The average molecular weight is 271 g/mol. The van der Waals surface area contributed by atoms with Crippen LogP contribution in [0.15, 0.2) is 38.3 Å². The van der Waals surface area contributed by atoms with E-state index >= 15 is 0 Å². The van der Waals surface area contributed by atoms with Gasteiger partial charge in [0.2, 0.25) is 0 Å². The number of furan rings is 1. The first-order valence-electron chi connectivity index (χ1n) is 5.11. The Bertz CT molecular complexity index is 584. The molecule has 17 heavy (non-hydrogen) atoms. The predicted octanol–water partition coefficient (Wildman–Crippen LogP) is 2.69. The Labute approximate surface area is 104 Å². The molecular weight excluding hydrogens is 258 g/mol. The van der Waals surface area contributed by atoms with E-state index in [4.69, 9.17) is 4.42 Å². The van der Waals surface area contributed by atoms with Crippen molar-refractivity contribution in [3.8, 4) is 0 Å². The van der Waals surface area contributed by atoms with E-state index < -0.39 is 10.0 Å². The molecule has 0 aliphatic carbocycles. The van der Waals surface area contributed by atoms with Crippen LogP contribution in [-0.2, 0) is 10.0 Å². The van der Waals surface area contributed by atoms with Crippen molar-refractivity contribution in [3.63, 3.8) is 0 Å². The lowest BCUT2D eigenvalue weighted by molar-refractivity contribution is 0.441. The van der Waals surface area contributed by atoms with Crippen LogP contribution in [0.5, 0.6) is 0 Å². The van der Waals surface area contributed by atoms with Gasteiger partial charge in [0.1, 0.15) is 15.7 Å². The first-order valence-corrected chi connectivity index (χ1v) is 7.47. The molecule has 2 aromatic rings. The van der Waals surface area contributed by atoms with Crippen LogP contribution in [0.4, 0.5) is 0 Å². The number of aryl methyl sites for hydroxylation is 1. The SMILES string of the molecule is Cc1ccc(C(C)NS(=O)(=O)c2cccs2)o1. The zero-order valence-electron chi connectivity index (χ0n) is 9.51. The zero-order chi connectivity index (χ0) is 12.5. The molecule has 2 heterocycles. The van der Waals surface area contributed by atoms with E-state index in [2.05, 4.69) is 4.72 Å². The lowest BCUT2D eigenvalue weighted by Gasteiger charge is -2.10. The van der Waals surface area contributed by atoms with Gasteiger partial charge in [0.25, 0.3) is 10.0 Å². The fraction of sp³-hybridized carbons (Fsp3) is 0.273.